The van der Waals surface area contributed by atoms with Crippen molar-refractivity contribution in [3.8, 4) is 5.69 Å². The van der Waals surface area contributed by atoms with Gasteiger partial charge >= 0.3 is 0 Å². The first-order valence-electron chi connectivity index (χ1n) is 9.73. The summed E-state index contributed by atoms with van der Waals surface area (Å²) in [6, 6.07) is 17.6. The SMILES string of the molecule is CCN(CC)c1ccc(NC(=S)Nc2c(C)n(C)n(-c3ccccc3)c2=O)cc1. The molecule has 0 saturated heterocycles. The number of anilines is 3. The summed E-state index contributed by atoms with van der Waals surface area (Å²) < 4.78 is 3.45. The minimum absolute atomic E-state index is 0.141. The van der Waals surface area contributed by atoms with E-state index in [1.807, 2.05) is 61.1 Å². The molecular weight excluding hydrogens is 382 g/mol. The molecule has 0 aliphatic heterocycles. The fourth-order valence-corrected chi connectivity index (χ4v) is 3.55. The largest absolute Gasteiger partial charge is 0.372 e. The Kier molecular flexibility index (Phi) is 6.39. The van der Waals surface area contributed by atoms with Crippen molar-refractivity contribution in [2.45, 2.75) is 20.8 Å². The Balaban J connectivity index is 1.77. The number of rotatable bonds is 6. The zero-order valence-corrected chi connectivity index (χ0v) is 18.1. The van der Waals surface area contributed by atoms with Crippen molar-refractivity contribution in [3.63, 3.8) is 0 Å². The lowest BCUT2D eigenvalue weighted by atomic mass is 10.2. The maximum Gasteiger partial charge on any atom is 0.295 e. The molecule has 2 aromatic carbocycles. The highest BCUT2D eigenvalue weighted by Crippen LogP contribution is 2.19. The van der Waals surface area contributed by atoms with Crippen LogP contribution in [0.1, 0.15) is 19.5 Å². The lowest BCUT2D eigenvalue weighted by Gasteiger charge is -2.21. The van der Waals surface area contributed by atoms with Crippen molar-refractivity contribution in [2.24, 2.45) is 7.05 Å². The molecule has 3 rings (SSSR count). The standard InChI is InChI=1S/C22H27N5OS/c1-5-26(6-2)18-14-12-17(13-15-18)23-22(29)24-20-16(3)25(4)27(21(20)28)19-10-8-7-9-11-19/h7-15H,5-6H2,1-4H3,(H2,23,24,29). The highest BCUT2D eigenvalue weighted by Gasteiger charge is 2.17. The molecule has 0 spiro atoms. The Bertz CT molecular complexity index is 1030. The van der Waals surface area contributed by atoms with Crippen LogP contribution >= 0.6 is 12.2 Å². The molecule has 1 aromatic heterocycles. The van der Waals surface area contributed by atoms with Crippen LogP contribution in [0.3, 0.4) is 0 Å². The van der Waals surface area contributed by atoms with E-state index in [1.54, 1.807) is 4.68 Å². The zero-order valence-electron chi connectivity index (χ0n) is 17.3. The molecule has 0 aliphatic carbocycles. The van der Waals surface area contributed by atoms with Crippen LogP contribution < -0.4 is 21.1 Å². The van der Waals surface area contributed by atoms with Crippen LogP contribution in [-0.4, -0.2) is 27.6 Å². The summed E-state index contributed by atoms with van der Waals surface area (Å²) in [5, 5.41) is 6.61. The smallest absolute Gasteiger partial charge is 0.295 e. The lowest BCUT2D eigenvalue weighted by Crippen LogP contribution is -2.25. The van der Waals surface area contributed by atoms with E-state index < -0.39 is 0 Å². The molecule has 7 heteroatoms. The third-order valence-corrected chi connectivity index (χ3v) is 5.25. The van der Waals surface area contributed by atoms with Gasteiger partial charge in [0.1, 0.15) is 5.69 Å². The van der Waals surface area contributed by atoms with E-state index in [0.29, 0.717) is 10.8 Å². The summed E-state index contributed by atoms with van der Waals surface area (Å²) in [7, 11) is 1.86. The summed E-state index contributed by atoms with van der Waals surface area (Å²) in [6.45, 7) is 8.09. The van der Waals surface area contributed by atoms with E-state index >= 15 is 0 Å². The molecule has 152 valence electrons. The lowest BCUT2D eigenvalue weighted by molar-refractivity contribution is 0.630. The molecule has 1 heterocycles. The van der Waals surface area contributed by atoms with Gasteiger partial charge in [-0.15, -0.1) is 0 Å². The van der Waals surface area contributed by atoms with E-state index in [9.17, 15) is 4.79 Å². The maximum absolute atomic E-state index is 13.0. The van der Waals surface area contributed by atoms with Crippen LogP contribution in [0.2, 0.25) is 0 Å². The molecule has 0 atom stereocenters. The number of thiocarbonyl (C=S) groups is 1. The van der Waals surface area contributed by atoms with Gasteiger partial charge in [-0.2, -0.15) is 0 Å². The first-order valence-corrected chi connectivity index (χ1v) is 10.1. The van der Waals surface area contributed by atoms with Gasteiger partial charge in [-0.3, -0.25) is 9.48 Å². The van der Waals surface area contributed by atoms with E-state index in [4.69, 9.17) is 12.2 Å². The molecule has 0 fully saturated rings. The summed E-state index contributed by atoms with van der Waals surface area (Å²) in [5.74, 6) is 0. The average Bonchev–Trinajstić information content (AvgIpc) is 2.94. The first-order chi connectivity index (χ1) is 14.0. The second kappa shape index (κ2) is 8.96. The normalized spacial score (nSPS) is 10.6. The van der Waals surface area contributed by atoms with Gasteiger partial charge in [0.05, 0.1) is 11.4 Å². The Morgan fingerprint density at radius 2 is 1.62 bits per heavy atom. The Labute approximate surface area is 176 Å². The third-order valence-electron chi connectivity index (χ3n) is 5.05. The molecular formula is C22H27N5OS. The molecule has 6 nitrogen and oxygen atoms in total. The Hall–Kier alpha value is -3.06. The Morgan fingerprint density at radius 3 is 2.21 bits per heavy atom. The number of para-hydroxylation sites is 1. The molecule has 0 radical (unpaired) electrons. The van der Waals surface area contributed by atoms with Crippen LogP contribution in [-0.2, 0) is 7.05 Å². The maximum atomic E-state index is 13.0. The number of benzene rings is 2. The summed E-state index contributed by atoms with van der Waals surface area (Å²) in [6.07, 6.45) is 0. The fourth-order valence-electron chi connectivity index (χ4n) is 3.33. The number of hydrogen-bond acceptors (Lipinski definition) is 3. The molecule has 0 aliphatic rings. The number of nitrogens with one attached hydrogen (secondary N) is 2. The topological polar surface area (TPSA) is 54.2 Å². The highest BCUT2D eigenvalue weighted by atomic mass is 32.1. The van der Waals surface area contributed by atoms with Crippen LogP contribution in [0, 0.1) is 6.92 Å². The second-order valence-electron chi connectivity index (χ2n) is 6.73. The number of hydrogen-bond donors (Lipinski definition) is 2. The van der Waals surface area contributed by atoms with Crippen molar-refractivity contribution in [3.05, 3.63) is 70.6 Å². The van der Waals surface area contributed by atoms with Gasteiger partial charge in [0.2, 0.25) is 0 Å². The number of nitrogens with zero attached hydrogens (tertiary/aromatic N) is 3. The van der Waals surface area contributed by atoms with Crippen molar-refractivity contribution in [2.75, 3.05) is 28.6 Å². The van der Waals surface area contributed by atoms with Crippen LogP contribution in [0.15, 0.2) is 59.4 Å². The van der Waals surface area contributed by atoms with Crippen molar-refractivity contribution < 1.29 is 0 Å². The molecule has 0 unspecified atom stereocenters. The summed E-state index contributed by atoms with van der Waals surface area (Å²) >= 11 is 5.45. The van der Waals surface area contributed by atoms with Crippen molar-refractivity contribution in [1.29, 1.82) is 0 Å². The van der Waals surface area contributed by atoms with Crippen molar-refractivity contribution >= 4 is 34.4 Å². The van der Waals surface area contributed by atoms with Crippen LogP contribution in [0.25, 0.3) is 5.69 Å². The Morgan fingerprint density at radius 1 is 1.00 bits per heavy atom. The van der Waals surface area contributed by atoms with Gasteiger partial charge in [0.15, 0.2) is 5.11 Å². The summed E-state index contributed by atoms with van der Waals surface area (Å²) in [4.78, 5) is 15.2. The van der Waals surface area contributed by atoms with Gasteiger partial charge in [-0.05, 0) is 69.4 Å². The van der Waals surface area contributed by atoms with E-state index in [2.05, 4.69) is 41.5 Å². The predicted octanol–water partition coefficient (Wildman–Crippen LogP) is 4.14. The fraction of sp³-hybridized carbons (Fsp3) is 0.273. The quantitative estimate of drug-likeness (QED) is 0.600. The highest BCUT2D eigenvalue weighted by molar-refractivity contribution is 7.80. The predicted molar refractivity (Wildman–Crippen MR) is 126 cm³/mol. The van der Waals surface area contributed by atoms with Gasteiger partial charge < -0.3 is 15.5 Å². The van der Waals surface area contributed by atoms with Crippen molar-refractivity contribution in [1.82, 2.24) is 9.36 Å². The van der Waals surface area contributed by atoms with Crippen LogP contribution in [0.4, 0.5) is 17.1 Å². The molecule has 0 bridgehead atoms. The number of aromatic nitrogens is 2. The molecule has 29 heavy (non-hydrogen) atoms. The second-order valence-corrected chi connectivity index (χ2v) is 7.14. The minimum Gasteiger partial charge on any atom is -0.372 e. The van der Waals surface area contributed by atoms with E-state index in [-0.39, 0.29) is 5.56 Å². The summed E-state index contributed by atoms with van der Waals surface area (Å²) in [5.41, 5.74) is 3.98. The van der Waals surface area contributed by atoms with E-state index in [0.717, 1.165) is 30.2 Å². The monoisotopic (exact) mass is 409 g/mol. The van der Waals surface area contributed by atoms with Gasteiger partial charge in [0, 0.05) is 31.5 Å². The molecule has 0 saturated carbocycles. The molecule has 2 N–H and O–H groups in total. The zero-order chi connectivity index (χ0) is 21.0. The average molecular weight is 410 g/mol. The third kappa shape index (κ3) is 4.35. The molecule has 3 aromatic rings. The van der Waals surface area contributed by atoms with Gasteiger partial charge in [0.25, 0.3) is 5.56 Å². The van der Waals surface area contributed by atoms with E-state index in [1.165, 1.54) is 5.69 Å². The first kappa shape index (κ1) is 20.7. The molecule has 0 amide bonds. The minimum atomic E-state index is -0.141. The van der Waals surface area contributed by atoms with Crippen LogP contribution in [0.5, 0.6) is 0 Å². The van der Waals surface area contributed by atoms with Gasteiger partial charge in [-0.1, -0.05) is 18.2 Å². The van der Waals surface area contributed by atoms with Gasteiger partial charge in [-0.25, -0.2) is 4.68 Å².